The Morgan fingerprint density at radius 2 is 0.808 bits per heavy atom. The Hall–Kier alpha value is -1.47. The molecule has 8 nitrogen and oxygen atoms in total. The maximum Gasteiger partial charge on any atom is 0.469 e. The fourth-order valence-corrected chi connectivity index (χ4v) is 6.55. The summed E-state index contributed by atoms with van der Waals surface area (Å²) >= 11 is 0. The zero-order valence-corrected chi connectivity index (χ0v) is 34.6. The Morgan fingerprint density at radius 3 is 1.19 bits per heavy atom. The highest BCUT2D eigenvalue weighted by molar-refractivity contribution is 7.46. The van der Waals surface area contributed by atoms with E-state index in [1.807, 2.05) is 0 Å². The minimum atomic E-state index is -4.75. The summed E-state index contributed by atoms with van der Waals surface area (Å²) in [4.78, 5) is 42.9. The van der Waals surface area contributed by atoms with Crippen LogP contribution in [-0.4, -0.2) is 41.0 Å². The molecule has 0 heterocycles. The van der Waals surface area contributed by atoms with Gasteiger partial charge in [-0.1, -0.05) is 167 Å². The van der Waals surface area contributed by atoms with Gasteiger partial charge in [-0.3, -0.25) is 14.1 Å². The number of carbonyl (C=O) groups excluding carboxylic acids is 2. The first-order chi connectivity index (χ1) is 25.3. The molecular weight excluding hydrogens is 675 g/mol. The van der Waals surface area contributed by atoms with Gasteiger partial charge in [-0.2, -0.15) is 0 Å². The maximum absolute atomic E-state index is 12.4. The largest absolute Gasteiger partial charge is 0.469 e. The standard InChI is InChI=1S/C43H81O8P/c1-3-5-7-9-11-13-15-17-19-20-21-22-24-25-27-29-31-33-35-37-42(44)49-39-41(40-50-52(46,47)48)51-43(45)38-36-34-32-30-28-26-23-18-16-14-12-10-8-6-4-2/h14,16-17,19,41H,3-13,15,18,20-40H2,1-2H3,(H2,46,47,48)/b16-14-,19-17-/t41-/m1/s1. The van der Waals surface area contributed by atoms with E-state index in [1.165, 1.54) is 141 Å². The third-order valence-electron chi connectivity index (χ3n) is 9.44. The normalized spacial score (nSPS) is 12.6. The quantitative estimate of drug-likeness (QED) is 0.0274. The van der Waals surface area contributed by atoms with Gasteiger partial charge in [0.05, 0.1) is 6.61 Å². The van der Waals surface area contributed by atoms with Crippen LogP contribution in [-0.2, 0) is 28.2 Å². The van der Waals surface area contributed by atoms with E-state index in [2.05, 4.69) is 42.7 Å². The number of ether oxygens (including phenoxy) is 2. The third-order valence-corrected chi connectivity index (χ3v) is 9.93. The Morgan fingerprint density at radius 1 is 0.481 bits per heavy atom. The number of hydrogen-bond acceptors (Lipinski definition) is 6. The van der Waals surface area contributed by atoms with Crippen molar-refractivity contribution in [2.24, 2.45) is 0 Å². The minimum Gasteiger partial charge on any atom is -0.462 e. The molecule has 0 aromatic carbocycles. The second-order valence-corrected chi connectivity index (χ2v) is 15.9. The zero-order chi connectivity index (χ0) is 38.2. The smallest absolute Gasteiger partial charge is 0.462 e. The molecule has 0 aliphatic carbocycles. The van der Waals surface area contributed by atoms with Crippen LogP contribution in [0.25, 0.3) is 0 Å². The fourth-order valence-electron chi connectivity index (χ4n) is 6.19. The van der Waals surface area contributed by atoms with Crippen LogP contribution in [0.15, 0.2) is 24.3 Å². The van der Waals surface area contributed by atoms with Crippen molar-refractivity contribution in [2.45, 2.75) is 225 Å². The first-order valence-electron chi connectivity index (χ1n) is 21.6. The summed E-state index contributed by atoms with van der Waals surface area (Å²) in [6.07, 6.45) is 44.7. The number of unbranched alkanes of at least 4 members (excludes halogenated alkanes) is 26. The number of allylic oxidation sites excluding steroid dienone is 4. The van der Waals surface area contributed by atoms with Gasteiger partial charge in [0.15, 0.2) is 6.10 Å². The van der Waals surface area contributed by atoms with Gasteiger partial charge in [0, 0.05) is 12.8 Å². The number of rotatable bonds is 40. The van der Waals surface area contributed by atoms with Crippen molar-refractivity contribution in [1.82, 2.24) is 0 Å². The molecule has 0 unspecified atom stereocenters. The van der Waals surface area contributed by atoms with Crippen LogP contribution in [0.2, 0.25) is 0 Å². The van der Waals surface area contributed by atoms with E-state index in [0.717, 1.165) is 44.9 Å². The minimum absolute atomic E-state index is 0.208. The molecule has 0 fully saturated rings. The average molecular weight is 757 g/mol. The second kappa shape index (κ2) is 39.2. The molecule has 0 bridgehead atoms. The van der Waals surface area contributed by atoms with E-state index in [1.54, 1.807) is 0 Å². The molecule has 0 radical (unpaired) electrons. The molecule has 0 spiro atoms. The van der Waals surface area contributed by atoms with Crippen molar-refractivity contribution in [3.8, 4) is 0 Å². The van der Waals surface area contributed by atoms with Crippen LogP contribution >= 0.6 is 7.82 Å². The lowest BCUT2D eigenvalue weighted by molar-refractivity contribution is -0.161. The first kappa shape index (κ1) is 50.5. The number of esters is 2. The van der Waals surface area contributed by atoms with E-state index in [9.17, 15) is 14.2 Å². The van der Waals surface area contributed by atoms with Gasteiger partial charge >= 0.3 is 19.8 Å². The van der Waals surface area contributed by atoms with Gasteiger partial charge in [0.2, 0.25) is 0 Å². The van der Waals surface area contributed by atoms with Gasteiger partial charge in [-0.15, -0.1) is 0 Å². The molecule has 0 rings (SSSR count). The van der Waals surface area contributed by atoms with Gasteiger partial charge in [0.25, 0.3) is 0 Å². The molecule has 0 amide bonds. The van der Waals surface area contributed by atoms with Gasteiger partial charge in [0.1, 0.15) is 6.61 Å². The summed E-state index contributed by atoms with van der Waals surface area (Å²) in [5, 5.41) is 0. The summed E-state index contributed by atoms with van der Waals surface area (Å²) in [6, 6.07) is 0. The maximum atomic E-state index is 12.4. The van der Waals surface area contributed by atoms with Crippen LogP contribution in [0.1, 0.15) is 219 Å². The van der Waals surface area contributed by atoms with E-state index < -0.39 is 32.5 Å². The Labute approximate surface area is 319 Å². The second-order valence-electron chi connectivity index (χ2n) is 14.7. The summed E-state index contributed by atoms with van der Waals surface area (Å²) in [7, 11) is -4.75. The van der Waals surface area contributed by atoms with Crippen molar-refractivity contribution in [3.05, 3.63) is 24.3 Å². The Kier molecular flexibility index (Phi) is 38.1. The molecule has 9 heteroatoms. The molecular formula is C43H81O8P. The van der Waals surface area contributed by atoms with Crippen molar-refractivity contribution in [3.63, 3.8) is 0 Å². The number of phosphoric acid groups is 1. The molecule has 306 valence electrons. The van der Waals surface area contributed by atoms with Crippen LogP contribution in [0.4, 0.5) is 0 Å². The predicted octanol–water partition coefficient (Wildman–Crippen LogP) is 13.2. The molecule has 52 heavy (non-hydrogen) atoms. The topological polar surface area (TPSA) is 119 Å². The third kappa shape index (κ3) is 41.3. The van der Waals surface area contributed by atoms with Gasteiger partial charge in [-0.05, 0) is 64.2 Å². The molecule has 1 atom stereocenters. The summed E-state index contributed by atoms with van der Waals surface area (Å²) < 4.78 is 26.4. The van der Waals surface area contributed by atoms with Gasteiger partial charge < -0.3 is 19.3 Å². The van der Waals surface area contributed by atoms with Gasteiger partial charge in [-0.25, -0.2) is 4.57 Å². The highest BCUT2D eigenvalue weighted by Gasteiger charge is 2.22. The molecule has 0 aromatic rings. The summed E-state index contributed by atoms with van der Waals surface area (Å²) in [6.45, 7) is 3.68. The highest BCUT2D eigenvalue weighted by Crippen LogP contribution is 2.36. The number of hydrogen-bond donors (Lipinski definition) is 2. The molecule has 0 aliphatic rings. The highest BCUT2D eigenvalue weighted by atomic mass is 31.2. The molecule has 0 aromatic heterocycles. The Bertz CT molecular complexity index is 900. The monoisotopic (exact) mass is 757 g/mol. The van der Waals surface area contributed by atoms with Crippen LogP contribution in [0, 0.1) is 0 Å². The zero-order valence-electron chi connectivity index (χ0n) is 33.7. The lowest BCUT2D eigenvalue weighted by Crippen LogP contribution is -2.29. The van der Waals surface area contributed by atoms with E-state index in [4.69, 9.17) is 19.3 Å². The van der Waals surface area contributed by atoms with E-state index >= 15 is 0 Å². The lowest BCUT2D eigenvalue weighted by atomic mass is 10.1. The summed E-state index contributed by atoms with van der Waals surface area (Å²) in [5.41, 5.74) is 0. The van der Waals surface area contributed by atoms with Crippen molar-refractivity contribution < 1.29 is 37.9 Å². The van der Waals surface area contributed by atoms with Crippen molar-refractivity contribution in [1.29, 1.82) is 0 Å². The molecule has 0 aliphatic heterocycles. The number of carbonyl (C=O) groups is 2. The predicted molar refractivity (Wildman–Crippen MR) is 216 cm³/mol. The summed E-state index contributed by atoms with van der Waals surface area (Å²) in [5.74, 6) is -0.885. The van der Waals surface area contributed by atoms with Crippen molar-refractivity contribution >= 4 is 19.8 Å². The Balaban J connectivity index is 3.88. The van der Waals surface area contributed by atoms with Crippen molar-refractivity contribution in [2.75, 3.05) is 13.2 Å². The van der Waals surface area contributed by atoms with Crippen LogP contribution < -0.4 is 0 Å². The van der Waals surface area contributed by atoms with Crippen LogP contribution in [0.3, 0.4) is 0 Å². The van der Waals surface area contributed by atoms with E-state index in [-0.39, 0.29) is 19.4 Å². The SMILES string of the molecule is CCCCCC/C=C\CCCCCCCCCC(=O)O[C@H](COC(=O)CCCCCCCCCCC/C=C\CCCCCCCC)COP(=O)(O)O. The van der Waals surface area contributed by atoms with E-state index in [0.29, 0.717) is 6.42 Å². The molecule has 0 saturated carbocycles. The molecule has 2 N–H and O–H groups in total. The lowest BCUT2D eigenvalue weighted by Gasteiger charge is -2.18. The fraction of sp³-hybridized carbons (Fsp3) is 0.860. The average Bonchev–Trinajstić information content (AvgIpc) is 3.11. The molecule has 0 saturated heterocycles. The first-order valence-corrected chi connectivity index (χ1v) is 23.2. The van der Waals surface area contributed by atoms with Crippen LogP contribution in [0.5, 0.6) is 0 Å². The number of phosphoric ester groups is 1.